The number of hydrogen-bond donors (Lipinski definition) is 0. The molecule has 2 aromatic rings. The summed E-state index contributed by atoms with van der Waals surface area (Å²) in [5.41, 5.74) is 2.19. The van der Waals surface area contributed by atoms with Gasteiger partial charge < -0.3 is 4.74 Å². The van der Waals surface area contributed by atoms with Crippen molar-refractivity contribution < 1.29 is 9.53 Å². The van der Waals surface area contributed by atoms with Crippen molar-refractivity contribution >= 4 is 5.78 Å². The number of para-hydroxylation sites is 1. The van der Waals surface area contributed by atoms with E-state index >= 15 is 0 Å². The lowest BCUT2D eigenvalue weighted by atomic mass is 9.99. The fourth-order valence-corrected chi connectivity index (χ4v) is 2.20. The summed E-state index contributed by atoms with van der Waals surface area (Å²) in [5.74, 6) is 0.661. The number of aromatic nitrogens is 1. The van der Waals surface area contributed by atoms with Crippen LogP contribution in [0.3, 0.4) is 0 Å². The van der Waals surface area contributed by atoms with E-state index in [9.17, 15) is 4.79 Å². The van der Waals surface area contributed by atoms with Gasteiger partial charge in [0.05, 0.1) is 12.2 Å². The van der Waals surface area contributed by atoms with Crippen molar-refractivity contribution in [2.24, 2.45) is 0 Å². The van der Waals surface area contributed by atoms with Gasteiger partial charge in [-0.15, -0.1) is 0 Å². The summed E-state index contributed by atoms with van der Waals surface area (Å²) in [5, 5.41) is 0. The SMILES string of the molecule is O=C(c1ccccn1)c1cccc2c1OCCC2. The Kier molecular flexibility index (Phi) is 2.81. The van der Waals surface area contributed by atoms with Gasteiger partial charge >= 0.3 is 0 Å². The normalized spacial score (nSPS) is 13.6. The fourth-order valence-electron chi connectivity index (χ4n) is 2.20. The number of hydrogen-bond acceptors (Lipinski definition) is 3. The van der Waals surface area contributed by atoms with E-state index in [1.165, 1.54) is 0 Å². The number of pyridine rings is 1. The molecule has 0 radical (unpaired) electrons. The van der Waals surface area contributed by atoms with Gasteiger partial charge in [-0.3, -0.25) is 9.78 Å². The molecule has 0 aliphatic carbocycles. The highest BCUT2D eigenvalue weighted by atomic mass is 16.5. The smallest absolute Gasteiger partial charge is 0.215 e. The standard InChI is InChI=1S/C15H13NO2/c17-14(13-8-1-2-9-16-13)12-7-3-5-11-6-4-10-18-15(11)12/h1-3,5,7-9H,4,6,10H2. The lowest BCUT2D eigenvalue weighted by Crippen LogP contribution is -2.13. The summed E-state index contributed by atoms with van der Waals surface area (Å²) in [6.45, 7) is 0.680. The van der Waals surface area contributed by atoms with Crippen LogP contribution in [0.5, 0.6) is 5.75 Å². The van der Waals surface area contributed by atoms with Crippen LogP contribution in [0.25, 0.3) is 0 Å². The molecule has 0 amide bonds. The Bertz CT molecular complexity index is 578. The molecule has 1 aromatic heterocycles. The fraction of sp³-hybridized carbons (Fsp3) is 0.200. The van der Waals surface area contributed by atoms with Crippen LogP contribution in [0.15, 0.2) is 42.6 Å². The van der Waals surface area contributed by atoms with Crippen molar-refractivity contribution in [2.75, 3.05) is 6.61 Å². The minimum atomic E-state index is -0.0747. The van der Waals surface area contributed by atoms with Crippen molar-refractivity contribution in [3.05, 3.63) is 59.4 Å². The Hall–Kier alpha value is -2.16. The Morgan fingerprint density at radius 1 is 1.17 bits per heavy atom. The van der Waals surface area contributed by atoms with Crippen LogP contribution in [0, 0.1) is 0 Å². The Morgan fingerprint density at radius 2 is 2.11 bits per heavy atom. The monoisotopic (exact) mass is 239 g/mol. The van der Waals surface area contributed by atoms with Gasteiger partial charge in [-0.25, -0.2) is 0 Å². The first-order chi connectivity index (χ1) is 8.86. The Morgan fingerprint density at radius 3 is 2.94 bits per heavy atom. The van der Waals surface area contributed by atoms with Gasteiger partial charge in [0.1, 0.15) is 11.4 Å². The van der Waals surface area contributed by atoms with Crippen molar-refractivity contribution in [2.45, 2.75) is 12.8 Å². The quantitative estimate of drug-likeness (QED) is 0.756. The molecule has 18 heavy (non-hydrogen) atoms. The summed E-state index contributed by atoms with van der Waals surface area (Å²) in [6.07, 6.45) is 3.61. The number of nitrogens with zero attached hydrogens (tertiary/aromatic N) is 1. The maximum Gasteiger partial charge on any atom is 0.215 e. The summed E-state index contributed by atoms with van der Waals surface area (Å²) in [4.78, 5) is 16.5. The van der Waals surface area contributed by atoms with Crippen molar-refractivity contribution in [1.29, 1.82) is 0 Å². The topological polar surface area (TPSA) is 39.2 Å². The largest absolute Gasteiger partial charge is 0.493 e. The molecule has 0 saturated heterocycles. The molecule has 3 nitrogen and oxygen atoms in total. The third kappa shape index (κ3) is 1.88. The number of fused-ring (bicyclic) bond motifs is 1. The first-order valence-corrected chi connectivity index (χ1v) is 6.06. The second-order valence-corrected chi connectivity index (χ2v) is 4.29. The molecule has 0 bridgehead atoms. The molecule has 0 atom stereocenters. The predicted molar refractivity (Wildman–Crippen MR) is 67.9 cm³/mol. The minimum absolute atomic E-state index is 0.0747. The second-order valence-electron chi connectivity index (χ2n) is 4.29. The van der Waals surface area contributed by atoms with Crippen molar-refractivity contribution in [3.63, 3.8) is 0 Å². The number of ketones is 1. The van der Waals surface area contributed by atoms with Crippen molar-refractivity contribution in [1.82, 2.24) is 4.98 Å². The molecular formula is C15H13NO2. The Balaban J connectivity index is 2.05. The maximum atomic E-state index is 12.4. The molecule has 90 valence electrons. The van der Waals surface area contributed by atoms with E-state index in [-0.39, 0.29) is 5.78 Å². The molecule has 0 unspecified atom stereocenters. The van der Waals surface area contributed by atoms with Crippen LogP contribution in [0.4, 0.5) is 0 Å². The molecule has 1 aliphatic rings. The lowest BCUT2D eigenvalue weighted by Gasteiger charge is -2.19. The Labute approximate surface area is 105 Å². The average Bonchev–Trinajstić information content (AvgIpc) is 2.47. The zero-order valence-corrected chi connectivity index (χ0v) is 9.93. The zero-order chi connectivity index (χ0) is 12.4. The highest BCUT2D eigenvalue weighted by Gasteiger charge is 2.20. The van der Waals surface area contributed by atoms with Crippen LogP contribution in [-0.2, 0) is 6.42 Å². The highest BCUT2D eigenvalue weighted by Crippen LogP contribution is 2.30. The molecule has 0 spiro atoms. The summed E-state index contributed by atoms with van der Waals surface area (Å²) < 4.78 is 5.65. The molecule has 0 fully saturated rings. The number of carbonyl (C=O) groups is 1. The molecule has 3 heteroatoms. The van der Waals surface area contributed by atoms with Gasteiger partial charge in [0.25, 0.3) is 0 Å². The van der Waals surface area contributed by atoms with Gasteiger partial charge in [0, 0.05) is 6.20 Å². The number of benzene rings is 1. The number of rotatable bonds is 2. The number of ether oxygens (including phenoxy) is 1. The molecule has 0 saturated carbocycles. The molecule has 2 heterocycles. The van der Waals surface area contributed by atoms with E-state index in [0.717, 1.165) is 24.2 Å². The van der Waals surface area contributed by atoms with E-state index in [4.69, 9.17) is 4.74 Å². The molecule has 1 aromatic carbocycles. The number of carbonyl (C=O) groups excluding carboxylic acids is 1. The summed E-state index contributed by atoms with van der Waals surface area (Å²) in [7, 11) is 0. The van der Waals surface area contributed by atoms with Crippen LogP contribution >= 0.6 is 0 Å². The van der Waals surface area contributed by atoms with Gasteiger partial charge in [0.2, 0.25) is 5.78 Å². The van der Waals surface area contributed by atoms with Gasteiger partial charge in [-0.05, 0) is 36.6 Å². The molecule has 1 aliphatic heterocycles. The predicted octanol–water partition coefficient (Wildman–Crippen LogP) is 2.64. The molecular weight excluding hydrogens is 226 g/mol. The highest BCUT2D eigenvalue weighted by molar-refractivity contribution is 6.09. The van der Waals surface area contributed by atoms with Crippen LogP contribution < -0.4 is 4.74 Å². The van der Waals surface area contributed by atoms with Crippen LogP contribution in [-0.4, -0.2) is 17.4 Å². The van der Waals surface area contributed by atoms with Gasteiger partial charge in [0.15, 0.2) is 0 Å². The third-order valence-electron chi connectivity index (χ3n) is 3.08. The van der Waals surface area contributed by atoms with E-state index in [1.54, 1.807) is 24.4 Å². The van der Waals surface area contributed by atoms with Crippen molar-refractivity contribution in [3.8, 4) is 5.75 Å². The van der Waals surface area contributed by atoms with E-state index < -0.39 is 0 Å². The van der Waals surface area contributed by atoms with Crippen LogP contribution in [0.1, 0.15) is 28.0 Å². The maximum absolute atomic E-state index is 12.4. The van der Waals surface area contributed by atoms with Gasteiger partial charge in [-0.1, -0.05) is 18.2 Å². The van der Waals surface area contributed by atoms with E-state index in [2.05, 4.69) is 4.98 Å². The average molecular weight is 239 g/mol. The van der Waals surface area contributed by atoms with E-state index in [0.29, 0.717) is 17.9 Å². The molecule has 0 N–H and O–H groups in total. The van der Waals surface area contributed by atoms with Gasteiger partial charge in [-0.2, -0.15) is 0 Å². The third-order valence-corrected chi connectivity index (χ3v) is 3.08. The van der Waals surface area contributed by atoms with Crippen LogP contribution in [0.2, 0.25) is 0 Å². The summed E-state index contributed by atoms with van der Waals surface area (Å²) in [6, 6.07) is 11.1. The lowest BCUT2D eigenvalue weighted by molar-refractivity contribution is 0.102. The second kappa shape index (κ2) is 4.61. The first-order valence-electron chi connectivity index (χ1n) is 6.06. The number of aryl methyl sites for hydroxylation is 1. The first kappa shape index (κ1) is 11.0. The molecule has 3 rings (SSSR count). The summed E-state index contributed by atoms with van der Waals surface area (Å²) >= 11 is 0. The zero-order valence-electron chi connectivity index (χ0n) is 9.93. The minimum Gasteiger partial charge on any atom is -0.493 e. The van der Waals surface area contributed by atoms with E-state index in [1.807, 2.05) is 18.2 Å².